The van der Waals surface area contributed by atoms with Gasteiger partial charge in [-0.2, -0.15) is 0 Å². The van der Waals surface area contributed by atoms with E-state index in [-0.39, 0.29) is 5.78 Å². The van der Waals surface area contributed by atoms with Gasteiger partial charge in [-0.05, 0) is 13.3 Å². The molecular weight excluding hydrogens is 140 g/mol. The van der Waals surface area contributed by atoms with E-state index < -0.39 is 0 Å². The zero-order valence-electron chi connectivity index (χ0n) is 6.85. The first-order chi connectivity index (χ1) is 5.22. The van der Waals surface area contributed by atoms with Crippen LogP contribution in [0.1, 0.15) is 25.4 Å². The maximum atomic E-state index is 10.7. The molecule has 3 heteroatoms. The quantitative estimate of drug-likeness (QED) is 0.705. The minimum absolute atomic E-state index is 0.141. The Morgan fingerprint density at radius 3 is 2.91 bits per heavy atom. The molecule has 0 saturated carbocycles. The second kappa shape index (κ2) is 3.32. The summed E-state index contributed by atoms with van der Waals surface area (Å²) in [5.41, 5.74) is 1.08. The topological polar surface area (TPSA) is 45.8 Å². The van der Waals surface area contributed by atoms with Crippen molar-refractivity contribution in [3.63, 3.8) is 0 Å². The lowest BCUT2D eigenvalue weighted by molar-refractivity contribution is -0.116. The Hall–Kier alpha value is -1.12. The molecule has 0 bridgehead atoms. The Kier molecular flexibility index (Phi) is 2.41. The van der Waals surface area contributed by atoms with E-state index in [1.165, 1.54) is 0 Å². The number of imidazole rings is 1. The van der Waals surface area contributed by atoms with Crippen molar-refractivity contribution in [3.8, 4) is 0 Å². The average Bonchev–Trinajstić information content (AvgIpc) is 2.34. The Labute approximate surface area is 65.8 Å². The summed E-state index contributed by atoms with van der Waals surface area (Å²) in [5, 5.41) is 0. The molecule has 0 saturated heterocycles. The predicted octanol–water partition coefficient (Wildman–Crippen LogP) is 1.10. The van der Waals surface area contributed by atoms with Gasteiger partial charge in [0.25, 0.3) is 0 Å². The maximum absolute atomic E-state index is 10.7. The number of aromatic amines is 1. The minimum Gasteiger partial charge on any atom is -0.346 e. The second-order valence-corrected chi connectivity index (χ2v) is 2.59. The SMILES string of the molecule is CCc1cnc(CC(C)=O)[nH]1. The van der Waals surface area contributed by atoms with Crippen molar-refractivity contribution < 1.29 is 4.79 Å². The van der Waals surface area contributed by atoms with Crippen LogP contribution in [0.25, 0.3) is 0 Å². The van der Waals surface area contributed by atoms with Crippen LogP contribution >= 0.6 is 0 Å². The van der Waals surface area contributed by atoms with Gasteiger partial charge in [-0.1, -0.05) is 6.92 Å². The number of H-pyrrole nitrogens is 1. The van der Waals surface area contributed by atoms with E-state index in [9.17, 15) is 4.79 Å². The highest BCUT2D eigenvalue weighted by molar-refractivity contribution is 5.77. The molecule has 0 aliphatic heterocycles. The lowest BCUT2D eigenvalue weighted by Gasteiger charge is -1.89. The van der Waals surface area contributed by atoms with E-state index in [4.69, 9.17) is 0 Å². The first kappa shape index (κ1) is 7.98. The van der Waals surface area contributed by atoms with Crippen molar-refractivity contribution in [2.75, 3.05) is 0 Å². The van der Waals surface area contributed by atoms with Crippen LogP contribution in [0.4, 0.5) is 0 Å². The highest BCUT2D eigenvalue weighted by Gasteiger charge is 2.00. The molecule has 0 aliphatic carbocycles. The van der Waals surface area contributed by atoms with E-state index in [2.05, 4.69) is 9.97 Å². The molecular formula is C8H12N2O. The largest absolute Gasteiger partial charge is 0.346 e. The van der Waals surface area contributed by atoms with Gasteiger partial charge in [-0.15, -0.1) is 0 Å². The number of hydrogen-bond donors (Lipinski definition) is 1. The Bertz CT molecular complexity index is 252. The second-order valence-electron chi connectivity index (χ2n) is 2.59. The first-order valence-electron chi connectivity index (χ1n) is 3.74. The van der Waals surface area contributed by atoms with Crippen molar-refractivity contribution in [2.24, 2.45) is 0 Å². The van der Waals surface area contributed by atoms with Crippen molar-refractivity contribution in [2.45, 2.75) is 26.7 Å². The summed E-state index contributed by atoms with van der Waals surface area (Å²) in [6.45, 7) is 3.61. The van der Waals surface area contributed by atoms with Crippen LogP contribution in [-0.4, -0.2) is 15.8 Å². The van der Waals surface area contributed by atoms with Crippen LogP contribution in [0.3, 0.4) is 0 Å². The number of carbonyl (C=O) groups is 1. The van der Waals surface area contributed by atoms with Crippen molar-refractivity contribution >= 4 is 5.78 Å². The Morgan fingerprint density at radius 1 is 1.73 bits per heavy atom. The fourth-order valence-corrected chi connectivity index (χ4v) is 0.911. The number of aryl methyl sites for hydroxylation is 1. The molecule has 0 atom stereocenters. The molecule has 0 spiro atoms. The Morgan fingerprint density at radius 2 is 2.45 bits per heavy atom. The summed E-state index contributed by atoms with van der Waals surface area (Å²) in [4.78, 5) is 17.8. The third-order valence-electron chi connectivity index (χ3n) is 1.48. The monoisotopic (exact) mass is 152 g/mol. The van der Waals surface area contributed by atoms with Gasteiger partial charge in [0.2, 0.25) is 0 Å². The van der Waals surface area contributed by atoms with E-state index in [0.717, 1.165) is 17.9 Å². The van der Waals surface area contributed by atoms with E-state index >= 15 is 0 Å². The molecule has 60 valence electrons. The number of nitrogens with one attached hydrogen (secondary N) is 1. The summed E-state index contributed by atoms with van der Waals surface area (Å²) in [6.07, 6.45) is 3.13. The fraction of sp³-hybridized carbons (Fsp3) is 0.500. The number of ketones is 1. The zero-order valence-corrected chi connectivity index (χ0v) is 6.85. The highest BCUT2D eigenvalue weighted by atomic mass is 16.1. The fourth-order valence-electron chi connectivity index (χ4n) is 0.911. The molecule has 3 nitrogen and oxygen atoms in total. The number of Topliss-reactive ketones (excluding diaryl/α,β-unsaturated/α-hetero) is 1. The normalized spacial score (nSPS) is 10.0. The number of carbonyl (C=O) groups excluding carboxylic acids is 1. The van der Waals surface area contributed by atoms with Crippen LogP contribution in [0, 0.1) is 0 Å². The van der Waals surface area contributed by atoms with Gasteiger partial charge in [0.1, 0.15) is 11.6 Å². The van der Waals surface area contributed by atoms with Crippen molar-refractivity contribution in [1.82, 2.24) is 9.97 Å². The van der Waals surface area contributed by atoms with Crippen LogP contribution in [0.2, 0.25) is 0 Å². The van der Waals surface area contributed by atoms with E-state index in [1.807, 2.05) is 6.92 Å². The summed E-state index contributed by atoms with van der Waals surface area (Å²) < 4.78 is 0. The third kappa shape index (κ3) is 2.18. The zero-order chi connectivity index (χ0) is 8.27. The van der Waals surface area contributed by atoms with E-state index in [1.54, 1.807) is 13.1 Å². The van der Waals surface area contributed by atoms with Crippen molar-refractivity contribution in [3.05, 3.63) is 17.7 Å². The van der Waals surface area contributed by atoms with Crippen LogP contribution in [0.15, 0.2) is 6.20 Å². The number of aromatic nitrogens is 2. The average molecular weight is 152 g/mol. The van der Waals surface area contributed by atoms with Crippen LogP contribution < -0.4 is 0 Å². The summed E-state index contributed by atoms with van der Waals surface area (Å²) in [5.74, 6) is 0.913. The molecule has 1 rings (SSSR count). The minimum atomic E-state index is 0.141. The molecule has 0 radical (unpaired) electrons. The Balaban J connectivity index is 2.65. The van der Waals surface area contributed by atoms with Crippen LogP contribution in [-0.2, 0) is 17.6 Å². The van der Waals surface area contributed by atoms with Gasteiger partial charge < -0.3 is 4.98 Å². The lowest BCUT2D eigenvalue weighted by Crippen LogP contribution is -1.98. The number of hydrogen-bond acceptors (Lipinski definition) is 2. The molecule has 1 aromatic rings. The third-order valence-corrected chi connectivity index (χ3v) is 1.48. The highest BCUT2D eigenvalue weighted by Crippen LogP contribution is 1.98. The summed E-state index contributed by atoms with van der Waals surface area (Å²) >= 11 is 0. The molecule has 0 unspecified atom stereocenters. The smallest absolute Gasteiger partial charge is 0.137 e. The first-order valence-corrected chi connectivity index (χ1v) is 3.74. The lowest BCUT2D eigenvalue weighted by atomic mass is 10.3. The van der Waals surface area contributed by atoms with Gasteiger partial charge in [0, 0.05) is 11.9 Å². The predicted molar refractivity (Wildman–Crippen MR) is 42.4 cm³/mol. The number of rotatable bonds is 3. The molecule has 0 aliphatic rings. The summed E-state index contributed by atoms with van der Waals surface area (Å²) in [6, 6.07) is 0. The van der Waals surface area contributed by atoms with Gasteiger partial charge in [0.05, 0.1) is 6.42 Å². The van der Waals surface area contributed by atoms with Gasteiger partial charge >= 0.3 is 0 Å². The van der Waals surface area contributed by atoms with Crippen molar-refractivity contribution in [1.29, 1.82) is 0 Å². The molecule has 0 amide bonds. The molecule has 0 aromatic carbocycles. The summed E-state index contributed by atoms with van der Waals surface area (Å²) in [7, 11) is 0. The molecule has 1 aromatic heterocycles. The standard InChI is InChI=1S/C8H12N2O/c1-3-7-5-9-8(10-7)4-6(2)11/h5H,3-4H2,1-2H3,(H,9,10). The maximum Gasteiger partial charge on any atom is 0.137 e. The van der Waals surface area contributed by atoms with Gasteiger partial charge in [0.15, 0.2) is 0 Å². The number of nitrogens with zero attached hydrogens (tertiary/aromatic N) is 1. The molecule has 11 heavy (non-hydrogen) atoms. The molecule has 1 N–H and O–H groups in total. The molecule has 1 heterocycles. The molecule has 0 fully saturated rings. The van der Waals surface area contributed by atoms with Gasteiger partial charge in [-0.25, -0.2) is 4.98 Å². The van der Waals surface area contributed by atoms with Gasteiger partial charge in [-0.3, -0.25) is 4.79 Å². The van der Waals surface area contributed by atoms with Crippen LogP contribution in [0.5, 0.6) is 0 Å². The van der Waals surface area contributed by atoms with E-state index in [0.29, 0.717) is 6.42 Å².